The lowest BCUT2D eigenvalue weighted by Gasteiger charge is -2.10. The highest BCUT2D eigenvalue weighted by Gasteiger charge is 2.18. The molecule has 3 heterocycles. The van der Waals surface area contributed by atoms with Crippen LogP contribution in [0.15, 0.2) is 52.4 Å². The number of nitrogens with one attached hydrogen (secondary N) is 1. The second-order valence-electron chi connectivity index (χ2n) is 7.64. The molecular weight excluding hydrogens is 472 g/mol. The highest BCUT2D eigenvalue weighted by Crippen LogP contribution is 2.29. The molecule has 1 N–H and O–H groups in total. The number of thioether (sulfide) groups is 1. The Bertz CT molecular complexity index is 1570. The van der Waals surface area contributed by atoms with E-state index in [9.17, 15) is 9.59 Å². The van der Waals surface area contributed by atoms with Crippen molar-refractivity contribution in [1.82, 2.24) is 24.1 Å². The summed E-state index contributed by atoms with van der Waals surface area (Å²) in [4.78, 5) is 30.2. The number of nitrogens with zero attached hydrogens (tertiary/aromatic N) is 5. The van der Waals surface area contributed by atoms with Crippen LogP contribution in [0.4, 0.5) is 5.13 Å². The SMILES string of the molecule is CCCCn1c(=O)c2ccccc2n2c(SCC(=O)Nc3nc4ccc(OC)cc4s3)nnc12. The average molecular weight is 495 g/mol. The van der Waals surface area contributed by atoms with Crippen molar-refractivity contribution < 1.29 is 9.53 Å². The molecule has 5 rings (SSSR count). The van der Waals surface area contributed by atoms with Crippen LogP contribution < -0.4 is 15.6 Å². The fourth-order valence-corrected chi connectivity index (χ4v) is 5.37. The number of unbranched alkanes of at least 4 members (excludes halogenated alkanes) is 1. The Hall–Kier alpha value is -3.44. The molecule has 0 atom stereocenters. The van der Waals surface area contributed by atoms with Gasteiger partial charge in [0.15, 0.2) is 10.3 Å². The van der Waals surface area contributed by atoms with Gasteiger partial charge in [-0.1, -0.05) is 48.6 Å². The largest absolute Gasteiger partial charge is 0.497 e. The number of carbonyl (C=O) groups excluding carboxylic acids is 1. The van der Waals surface area contributed by atoms with E-state index in [0.29, 0.717) is 28.0 Å². The number of thiazole rings is 1. The van der Waals surface area contributed by atoms with E-state index in [2.05, 4.69) is 27.4 Å². The number of fused-ring (bicyclic) bond motifs is 4. The third kappa shape index (κ3) is 4.12. The summed E-state index contributed by atoms with van der Waals surface area (Å²) in [6, 6.07) is 13.0. The molecule has 34 heavy (non-hydrogen) atoms. The van der Waals surface area contributed by atoms with Crippen molar-refractivity contribution in [2.75, 3.05) is 18.2 Å². The molecule has 0 saturated carbocycles. The predicted octanol–water partition coefficient (Wildman–Crippen LogP) is 4.19. The fraction of sp³-hybridized carbons (Fsp3) is 0.261. The smallest absolute Gasteiger partial charge is 0.262 e. The van der Waals surface area contributed by atoms with Gasteiger partial charge in [0.1, 0.15) is 5.75 Å². The van der Waals surface area contributed by atoms with E-state index in [0.717, 1.165) is 34.3 Å². The lowest BCUT2D eigenvalue weighted by molar-refractivity contribution is -0.113. The highest BCUT2D eigenvalue weighted by atomic mass is 32.2. The molecule has 0 spiro atoms. The third-order valence-corrected chi connectivity index (χ3v) is 7.25. The Morgan fingerprint density at radius 2 is 2.06 bits per heavy atom. The molecule has 0 saturated heterocycles. The van der Waals surface area contributed by atoms with Crippen LogP contribution in [0.1, 0.15) is 19.8 Å². The Balaban J connectivity index is 1.40. The van der Waals surface area contributed by atoms with E-state index in [-0.39, 0.29) is 17.2 Å². The molecule has 0 aliphatic carbocycles. The molecule has 0 aliphatic rings. The maximum atomic E-state index is 13.0. The van der Waals surface area contributed by atoms with Crippen LogP contribution in [-0.2, 0) is 11.3 Å². The van der Waals surface area contributed by atoms with E-state index >= 15 is 0 Å². The van der Waals surface area contributed by atoms with Gasteiger partial charge in [-0.05, 0) is 36.8 Å². The first kappa shape index (κ1) is 22.4. The van der Waals surface area contributed by atoms with Crippen molar-refractivity contribution in [1.29, 1.82) is 0 Å². The quantitative estimate of drug-likeness (QED) is 0.323. The van der Waals surface area contributed by atoms with Crippen molar-refractivity contribution in [3.8, 4) is 5.75 Å². The van der Waals surface area contributed by atoms with Crippen LogP contribution in [0.25, 0.3) is 26.9 Å². The summed E-state index contributed by atoms with van der Waals surface area (Å²) in [6.07, 6.45) is 1.82. The normalized spacial score (nSPS) is 11.5. The lowest BCUT2D eigenvalue weighted by Crippen LogP contribution is -2.23. The van der Waals surface area contributed by atoms with Crippen molar-refractivity contribution in [2.24, 2.45) is 0 Å². The molecule has 0 bridgehead atoms. The van der Waals surface area contributed by atoms with Crippen LogP contribution in [0.2, 0.25) is 0 Å². The monoisotopic (exact) mass is 494 g/mol. The summed E-state index contributed by atoms with van der Waals surface area (Å²) in [7, 11) is 1.61. The van der Waals surface area contributed by atoms with Gasteiger partial charge in [0.05, 0.1) is 34.0 Å². The number of ether oxygens (including phenoxy) is 1. The van der Waals surface area contributed by atoms with Gasteiger partial charge in [-0.15, -0.1) is 10.2 Å². The predicted molar refractivity (Wildman–Crippen MR) is 135 cm³/mol. The number of para-hydroxylation sites is 1. The van der Waals surface area contributed by atoms with E-state index < -0.39 is 0 Å². The Morgan fingerprint density at radius 3 is 2.88 bits per heavy atom. The number of methoxy groups -OCH3 is 1. The van der Waals surface area contributed by atoms with Crippen LogP contribution >= 0.6 is 23.1 Å². The standard InChI is InChI=1S/C23H22N6O3S2/c1-3-4-11-28-20(31)15-7-5-6-8-17(15)29-22(28)26-27-23(29)33-13-19(30)25-21-24-16-10-9-14(32-2)12-18(16)34-21/h5-10,12H,3-4,11,13H2,1-2H3,(H,24,25,30). The zero-order valence-corrected chi connectivity index (χ0v) is 20.3. The number of amides is 1. The van der Waals surface area contributed by atoms with Gasteiger partial charge in [-0.25, -0.2) is 4.98 Å². The molecule has 11 heteroatoms. The molecule has 9 nitrogen and oxygen atoms in total. The maximum Gasteiger partial charge on any atom is 0.262 e. The minimum Gasteiger partial charge on any atom is -0.497 e. The fourth-order valence-electron chi connectivity index (χ4n) is 3.72. The molecule has 174 valence electrons. The molecular formula is C23H22N6O3S2. The Labute approximate surface area is 202 Å². The Morgan fingerprint density at radius 1 is 1.21 bits per heavy atom. The van der Waals surface area contributed by atoms with Gasteiger partial charge in [-0.3, -0.25) is 18.6 Å². The first-order chi connectivity index (χ1) is 16.6. The molecule has 0 aliphatic heterocycles. The van der Waals surface area contributed by atoms with Crippen molar-refractivity contribution in [2.45, 2.75) is 31.5 Å². The lowest BCUT2D eigenvalue weighted by atomic mass is 10.2. The molecule has 1 amide bonds. The number of hydrogen-bond acceptors (Lipinski definition) is 8. The summed E-state index contributed by atoms with van der Waals surface area (Å²) in [5.41, 5.74) is 1.45. The Kier molecular flexibility index (Phi) is 6.20. The van der Waals surface area contributed by atoms with Crippen LogP contribution in [0.5, 0.6) is 5.75 Å². The summed E-state index contributed by atoms with van der Waals surface area (Å²) in [5.74, 6) is 1.16. The number of hydrogen-bond donors (Lipinski definition) is 1. The number of aromatic nitrogens is 5. The summed E-state index contributed by atoms with van der Waals surface area (Å²) in [5, 5.41) is 13.1. The van der Waals surface area contributed by atoms with E-state index in [1.807, 2.05) is 46.9 Å². The van der Waals surface area contributed by atoms with Gasteiger partial charge in [0, 0.05) is 6.54 Å². The molecule has 0 radical (unpaired) electrons. The molecule has 5 aromatic rings. The van der Waals surface area contributed by atoms with E-state index in [1.54, 1.807) is 11.7 Å². The van der Waals surface area contributed by atoms with Gasteiger partial charge < -0.3 is 10.1 Å². The zero-order chi connectivity index (χ0) is 23.7. The first-order valence-electron chi connectivity index (χ1n) is 10.8. The van der Waals surface area contributed by atoms with Crippen LogP contribution in [0, 0.1) is 0 Å². The van der Waals surface area contributed by atoms with Gasteiger partial charge in [0.2, 0.25) is 11.7 Å². The number of rotatable bonds is 8. The summed E-state index contributed by atoms with van der Waals surface area (Å²) >= 11 is 2.66. The van der Waals surface area contributed by atoms with E-state index in [1.165, 1.54) is 23.1 Å². The van der Waals surface area contributed by atoms with Crippen molar-refractivity contribution >= 4 is 61.0 Å². The molecule has 2 aromatic carbocycles. The topological polar surface area (TPSA) is 103 Å². The van der Waals surface area contributed by atoms with Gasteiger partial charge in [0.25, 0.3) is 5.56 Å². The molecule has 0 fully saturated rings. The van der Waals surface area contributed by atoms with Crippen LogP contribution in [-0.4, -0.2) is 42.9 Å². The average Bonchev–Trinajstić information content (AvgIpc) is 3.45. The second kappa shape index (κ2) is 9.43. The number of carbonyl (C=O) groups is 1. The van der Waals surface area contributed by atoms with Gasteiger partial charge >= 0.3 is 0 Å². The summed E-state index contributed by atoms with van der Waals surface area (Å²) in [6.45, 7) is 2.64. The minimum absolute atomic E-state index is 0.0780. The van der Waals surface area contributed by atoms with Crippen molar-refractivity contribution in [3.63, 3.8) is 0 Å². The summed E-state index contributed by atoms with van der Waals surface area (Å²) < 4.78 is 9.70. The van der Waals surface area contributed by atoms with Gasteiger partial charge in [-0.2, -0.15) is 0 Å². The highest BCUT2D eigenvalue weighted by molar-refractivity contribution is 7.99. The third-order valence-electron chi connectivity index (χ3n) is 5.39. The molecule has 0 unspecified atom stereocenters. The minimum atomic E-state index is -0.198. The number of aryl methyl sites for hydroxylation is 1. The zero-order valence-electron chi connectivity index (χ0n) is 18.6. The number of anilines is 1. The maximum absolute atomic E-state index is 13.0. The second-order valence-corrected chi connectivity index (χ2v) is 9.61. The number of benzene rings is 2. The molecule has 3 aromatic heterocycles. The van der Waals surface area contributed by atoms with E-state index in [4.69, 9.17) is 4.74 Å². The first-order valence-corrected chi connectivity index (χ1v) is 12.6. The van der Waals surface area contributed by atoms with Crippen LogP contribution in [0.3, 0.4) is 0 Å². The van der Waals surface area contributed by atoms with Crippen molar-refractivity contribution in [3.05, 3.63) is 52.8 Å².